The van der Waals surface area contributed by atoms with Gasteiger partial charge in [-0.15, -0.1) is 6.42 Å². The standard InChI is InChI=1S/C14H17ClN2/c1-2-8-17-9-6-13(7-10-17)16-14-5-3-4-12(15)11-14/h1,3-5,11,13,16H,6-10H2. The number of terminal acetylenes is 1. The number of likely N-dealkylation sites (tertiary alicyclic amines) is 1. The SMILES string of the molecule is C#CCN1CCC(Nc2cccc(Cl)c2)CC1. The highest BCUT2D eigenvalue weighted by molar-refractivity contribution is 6.30. The summed E-state index contributed by atoms with van der Waals surface area (Å²) in [7, 11) is 0. The molecule has 3 heteroatoms. The number of halogens is 1. The van der Waals surface area contributed by atoms with Crippen LogP contribution in [0.25, 0.3) is 0 Å². The molecule has 0 amide bonds. The highest BCUT2D eigenvalue weighted by Crippen LogP contribution is 2.19. The van der Waals surface area contributed by atoms with Crippen LogP contribution >= 0.6 is 11.6 Å². The zero-order valence-corrected chi connectivity index (χ0v) is 10.6. The van der Waals surface area contributed by atoms with Crippen molar-refractivity contribution in [1.82, 2.24) is 4.90 Å². The van der Waals surface area contributed by atoms with Crippen LogP contribution in [0.3, 0.4) is 0 Å². The van der Waals surface area contributed by atoms with Gasteiger partial charge in [0.1, 0.15) is 0 Å². The van der Waals surface area contributed by atoms with Crippen LogP contribution in [0.1, 0.15) is 12.8 Å². The maximum atomic E-state index is 5.96. The van der Waals surface area contributed by atoms with E-state index in [1.54, 1.807) is 0 Å². The van der Waals surface area contributed by atoms with Crippen molar-refractivity contribution in [1.29, 1.82) is 0 Å². The van der Waals surface area contributed by atoms with Gasteiger partial charge in [-0.05, 0) is 31.0 Å². The van der Waals surface area contributed by atoms with E-state index >= 15 is 0 Å². The first-order valence-corrected chi connectivity index (χ1v) is 6.33. The van der Waals surface area contributed by atoms with Gasteiger partial charge in [0.25, 0.3) is 0 Å². The third-order valence-electron chi connectivity index (χ3n) is 3.10. The van der Waals surface area contributed by atoms with Gasteiger partial charge in [0.2, 0.25) is 0 Å². The topological polar surface area (TPSA) is 15.3 Å². The van der Waals surface area contributed by atoms with Crippen LogP contribution < -0.4 is 5.32 Å². The first-order chi connectivity index (χ1) is 8.28. The maximum absolute atomic E-state index is 5.96. The van der Waals surface area contributed by atoms with Crippen molar-refractivity contribution in [2.45, 2.75) is 18.9 Å². The molecule has 0 saturated carbocycles. The fourth-order valence-corrected chi connectivity index (χ4v) is 2.37. The second-order valence-corrected chi connectivity index (χ2v) is 4.85. The number of nitrogens with one attached hydrogen (secondary N) is 1. The third kappa shape index (κ3) is 3.66. The van der Waals surface area contributed by atoms with Crippen molar-refractivity contribution >= 4 is 17.3 Å². The minimum Gasteiger partial charge on any atom is -0.382 e. The van der Waals surface area contributed by atoms with Crippen molar-refractivity contribution in [2.24, 2.45) is 0 Å². The summed E-state index contributed by atoms with van der Waals surface area (Å²) in [6, 6.07) is 8.41. The monoisotopic (exact) mass is 248 g/mol. The molecule has 1 saturated heterocycles. The Hall–Kier alpha value is -1.17. The molecule has 1 heterocycles. The first kappa shape index (κ1) is 12.3. The van der Waals surface area contributed by atoms with Gasteiger partial charge < -0.3 is 5.32 Å². The minimum atomic E-state index is 0.530. The molecule has 0 aromatic heterocycles. The Morgan fingerprint density at radius 2 is 2.18 bits per heavy atom. The summed E-state index contributed by atoms with van der Waals surface area (Å²) in [5.74, 6) is 2.70. The lowest BCUT2D eigenvalue weighted by Crippen LogP contribution is -2.39. The van der Waals surface area contributed by atoms with E-state index in [9.17, 15) is 0 Å². The lowest BCUT2D eigenvalue weighted by atomic mass is 10.0. The summed E-state index contributed by atoms with van der Waals surface area (Å²) in [4.78, 5) is 2.32. The van der Waals surface area contributed by atoms with E-state index in [-0.39, 0.29) is 0 Å². The Morgan fingerprint density at radius 3 is 2.82 bits per heavy atom. The van der Waals surface area contributed by atoms with Crippen LogP contribution in [-0.2, 0) is 0 Å². The Labute approximate surface area is 108 Å². The van der Waals surface area contributed by atoms with Gasteiger partial charge in [-0.25, -0.2) is 0 Å². The van der Waals surface area contributed by atoms with Gasteiger partial charge in [-0.2, -0.15) is 0 Å². The zero-order valence-electron chi connectivity index (χ0n) is 9.82. The smallest absolute Gasteiger partial charge is 0.0598 e. The number of anilines is 1. The zero-order chi connectivity index (χ0) is 12.1. The van der Waals surface area contributed by atoms with E-state index in [4.69, 9.17) is 18.0 Å². The van der Waals surface area contributed by atoms with E-state index in [1.807, 2.05) is 18.2 Å². The summed E-state index contributed by atoms with van der Waals surface area (Å²) < 4.78 is 0. The van der Waals surface area contributed by atoms with Gasteiger partial charge in [0.05, 0.1) is 6.54 Å². The fourth-order valence-electron chi connectivity index (χ4n) is 2.18. The molecule has 0 unspecified atom stereocenters. The van der Waals surface area contributed by atoms with Crippen molar-refractivity contribution in [3.63, 3.8) is 0 Å². The van der Waals surface area contributed by atoms with E-state index in [0.29, 0.717) is 6.04 Å². The summed E-state index contributed by atoms with van der Waals surface area (Å²) in [5, 5.41) is 4.30. The van der Waals surface area contributed by atoms with E-state index in [0.717, 1.165) is 43.2 Å². The molecule has 1 aliphatic rings. The average Bonchev–Trinajstić information content (AvgIpc) is 2.32. The Kier molecular flexibility index (Phi) is 4.30. The predicted molar refractivity (Wildman–Crippen MR) is 73.4 cm³/mol. The van der Waals surface area contributed by atoms with Crippen LogP contribution in [0.5, 0.6) is 0 Å². The lowest BCUT2D eigenvalue weighted by Gasteiger charge is -2.31. The summed E-state index contributed by atoms with van der Waals surface area (Å²) in [6.45, 7) is 2.91. The lowest BCUT2D eigenvalue weighted by molar-refractivity contribution is 0.243. The van der Waals surface area contributed by atoms with E-state index in [1.165, 1.54) is 0 Å². The largest absolute Gasteiger partial charge is 0.382 e. The quantitative estimate of drug-likeness (QED) is 0.828. The molecule has 17 heavy (non-hydrogen) atoms. The molecular weight excluding hydrogens is 232 g/mol. The van der Waals surface area contributed by atoms with E-state index < -0.39 is 0 Å². The molecule has 90 valence electrons. The van der Waals surface area contributed by atoms with Crippen LogP contribution in [0.15, 0.2) is 24.3 Å². The molecule has 0 aliphatic carbocycles. The Morgan fingerprint density at radius 1 is 1.41 bits per heavy atom. The van der Waals surface area contributed by atoms with Gasteiger partial charge >= 0.3 is 0 Å². The number of piperidine rings is 1. The van der Waals surface area contributed by atoms with Crippen molar-refractivity contribution in [3.8, 4) is 12.3 Å². The van der Waals surface area contributed by atoms with Gasteiger partial charge in [0.15, 0.2) is 0 Å². The molecule has 0 radical (unpaired) electrons. The molecule has 1 N–H and O–H groups in total. The Bertz CT molecular complexity index is 403. The second kappa shape index (κ2) is 5.95. The molecule has 1 aromatic carbocycles. The number of benzene rings is 1. The normalized spacial score (nSPS) is 17.6. The van der Waals surface area contributed by atoms with Crippen LogP contribution in [-0.4, -0.2) is 30.6 Å². The number of nitrogens with zero attached hydrogens (tertiary/aromatic N) is 1. The summed E-state index contributed by atoms with van der Waals surface area (Å²) in [6.07, 6.45) is 7.58. The molecule has 1 aromatic rings. The molecule has 0 atom stereocenters. The molecular formula is C14H17ClN2. The van der Waals surface area contributed by atoms with Crippen LogP contribution in [0.2, 0.25) is 5.02 Å². The summed E-state index contributed by atoms with van der Waals surface area (Å²) >= 11 is 5.96. The van der Waals surface area contributed by atoms with Crippen LogP contribution in [0, 0.1) is 12.3 Å². The number of hydrogen-bond donors (Lipinski definition) is 1. The summed E-state index contributed by atoms with van der Waals surface area (Å²) in [5.41, 5.74) is 1.10. The van der Waals surface area contributed by atoms with Crippen LogP contribution in [0.4, 0.5) is 5.69 Å². The molecule has 0 bridgehead atoms. The predicted octanol–water partition coefficient (Wildman–Crippen LogP) is 2.85. The van der Waals surface area contributed by atoms with Gasteiger partial charge in [-0.1, -0.05) is 23.6 Å². The molecule has 1 aliphatic heterocycles. The van der Waals surface area contributed by atoms with Gasteiger partial charge in [-0.3, -0.25) is 4.90 Å². The Balaban J connectivity index is 1.84. The average molecular weight is 249 g/mol. The third-order valence-corrected chi connectivity index (χ3v) is 3.33. The molecule has 2 nitrogen and oxygen atoms in total. The van der Waals surface area contributed by atoms with Crippen molar-refractivity contribution < 1.29 is 0 Å². The number of rotatable bonds is 3. The first-order valence-electron chi connectivity index (χ1n) is 5.96. The highest BCUT2D eigenvalue weighted by atomic mass is 35.5. The van der Waals surface area contributed by atoms with Crippen molar-refractivity contribution in [3.05, 3.63) is 29.3 Å². The minimum absolute atomic E-state index is 0.530. The molecule has 2 rings (SSSR count). The molecule has 0 spiro atoms. The fraction of sp³-hybridized carbons (Fsp3) is 0.429. The maximum Gasteiger partial charge on any atom is 0.0598 e. The number of hydrogen-bond acceptors (Lipinski definition) is 2. The van der Waals surface area contributed by atoms with E-state index in [2.05, 4.69) is 22.2 Å². The van der Waals surface area contributed by atoms with Gasteiger partial charge in [0, 0.05) is 29.8 Å². The second-order valence-electron chi connectivity index (χ2n) is 4.41. The molecule has 1 fully saturated rings. The highest BCUT2D eigenvalue weighted by Gasteiger charge is 2.17. The van der Waals surface area contributed by atoms with Crippen molar-refractivity contribution in [2.75, 3.05) is 25.0 Å².